The average molecular weight is 362 g/mol. The maximum absolute atomic E-state index is 13.4. The zero-order valence-electron chi connectivity index (χ0n) is 10.5. The minimum atomic E-state index is -0.489. The molecule has 0 saturated carbocycles. The van der Waals surface area contributed by atoms with Crippen molar-refractivity contribution in [2.75, 3.05) is 0 Å². The first kappa shape index (κ1) is 14.8. The molecule has 0 fully saturated rings. The first-order valence-electron chi connectivity index (χ1n) is 5.76. The van der Waals surface area contributed by atoms with Crippen molar-refractivity contribution in [2.45, 2.75) is 19.2 Å². The molecule has 2 aromatic carbocycles. The summed E-state index contributed by atoms with van der Waals surface area (Å²) < 4.78 is 14.1. The number of hydrogen-bond donors (Lipinski definition) is 0. The van der Waals surface area contributed by atoms with E-state index >= 15 is 0 Å². The minimum absolute atomic E-state index is 0.316. The van der Waals surface area contributed by atoms with Gasteiger partial charge in [0.05, 0.1) is 5.38 Å². The van der Waals surface area contributed by atoms with Crippen LogP contribution in [-0.4, -0.2) is 0 Å². The van der Waals surface area contributed by atoms with E-state index in [0.717, 1.165) is 21.2 Å². The summed E-state index contributed by atoms with van der Waals surface area (Å²) >= 11 is 16.1. The molecular formula is C15H12BrCl2F. The molecule has 0 bridgehead atoms. The zero-order chi connectivity index (χ0) is 14.2. The molecule has 0 aliphatic rings. The molecule has 0 amide bonds. The van der Waals surface area contributed by atoms with Crippen LogP contribution >= 0.6 is 39.1 Å². The van der Waals surface area contributed by atoms with E-state index in [4.69, 9.17) is 23.2 Å². The third-order valence-corrected chi connectivity index (χ3v) is 4.64. The molecule has 1 unspecified atom stereocenters. The monoisotopic (exact) mass is 360 g/mol. The molecule has 1 atom stereocenters. The highest BCUT2D eigenvalue weighted by molar-refractivity contribution is 9.10. The normalized spacial score (nSPS) is 12.5. The molecule has 19 heavy (non-hydrogen) atoms. The van der Waals surface area contributed by atoms with Gasteiger partial charge < -0.3 is 0 Å². The lowest BCUT2D eigenvalue weighted by molar-refractivity contribution is 0.625. The Bertz CT molecular complexity index is 626. The first-order chi connectivity index (χ1) is 8.90. The summed E-state index contributed by atoms with van der Waals surface area (Å²) in [5.41, 5.74) is 3.68. The number of rotatable bonds is 2. The molecule has 0 aromatic heterocycles. The van der Waals surface area contributed by atoms with Gasteiger partial charge in [-0.15, -0.1) is 11.6 Å². The Morgan fingerprint density at radius 2 is 1.68 bits per heavy atom. The molecule has 100 valence electrons. The highest BCUT2D eigenvalue weighted by Gasteiger charge is 2.18. The maximum atomic E-state index is 13.4. The van der Waals surface area contributed by atoms with Gasteiger partial charge in [0, 0.05) is 9.50 Å². The van der Waals surface area contributed by atoms with Crippen molar-refractivity contribution in [2.24, 2.45) is 0 Å². The quantitative estimate of drug-likeness (QED) is 0.559. The molecule has 0 aliphatic carbocycles. The second kappa shape index (κ2) is 5.82. The van der Waals surface area contributed by atoms with Crippen LogP contribution in [0.2, 0.25) is 5.02 Å². The van der Waals surface area contributed by atoms with Crippen LogP contribution in [0.5, 0.6) is 0 Å². The predicted octanol–water partition coefficient (Wildman–Crippen LogP) is 6.19. The van der Waals surface area contributed by atoms with Crippen LogP contribution in [0.3, 0.4) is 0 Å². The van der Waals surface area contributed by atoms with Crippen molar-refractivity contribution in [1.82, 2.24) is 0 Å². The molecule has 0 N–H and O–H groups in total. The Morgan fingerprint density at radius 3 is 2.37 bits per heavy atom. The first-order valence-corrected chi connectivity index (χ1v) is 7.36. The summed E-state index contributed by atoms with van der Waals surface area (Å²) in [6.45, 7) is 3.99. The fourth-order valence-electron chi connectivity index (χ4n) is 1.87. The van der Waals surface area contributed by atoms with Crippen molar-refractivity contribution in [3.63, 3.8) is 0 Å². The van der Waals surface area contributed by atoms with E-state index in [1.807, 2.05) is 26.0 Å². The molecule has 4 heteroatoms. The van der Waals surface area contributed by atoms with E-state index in [1.165, 1.54) is 12.1 Å². The van der Waals surface area contributed by atoms with Crippen molar-refractivity contribution < 1.29 is 4.39 Å². The van der Waals surface area contributed by atoms with Gasteiger partial charge in [0.1, 0.15) is 5.82 Å². The number of hydrogen-bond acceptors (Lipinski definition) is 0. The van der Waals surface area contributed by atoms with Gasteiger partial charge in [-0.1, -0.05) is 33.6 Å². The molecule has 0 heterocycles. The van der Waals surface area contributed by atoms with Crippen molar-refractivity contribution in [3.05, 3.63) is 67.9 Å². The van der Waals surface area contributed by atoms with Gasteiger partial charge in [-0.05, 0) is 60.4 Å². The topological polar surface area (TPSA) is 0 Å². The fraction of sp³-hybridized carbons (Fsp3) is 0.200. The SMILES string of the molecule is Cc1cc(Cl)c(C(Cl)c2cc(F)ccc2Br)cc1C. The average Bonchev–Trinajstić information content (AvgIpc) is 2.36. The molecular weight excluding hydrogens is 350 g/mol. The van der Waals surface area contributed by atoms with E-state index in [9.17, 15) is 4.39 Å². The molecule has 0 spiro atoms. The van der Waals surface area contributed by atoms with Crippen molar-refractivity contribution in [3.8, 4) is 0 Å². The summed E-state index contributed by atoms with van der Waals surface area (Å²) in [6.07, 6.45) is 0. The summed E-state index contributed by atoms with van der Waals surface area (Å²) in [5, 5.41) is 0.108. The zero-order valence-corrected chi connectivity index (χ0v) is 13.6. The van der Waals surface area contributed by atoms with Gasteiger partial charge in [-0.25, -0.2) is 4.39 Å². The van der Waals surface area contributed by atoms with Gasteiger partial charge in [0.15, 0.2) is 0 Å². The summed E-state index contributed by atoms with van der Waals surface area (Å²) in [5.74, 6) is -0.316. The molecule has 0 radical (unpaired) electrons. The van der Waals surface area contributed by atoms with Gasteiger partial charge >= 0.3 is 0 Å². The van der Waals surface area contributed by atoms with E-state index in [-0.39, 0.29) is 5.82 Å². The Kier molecular flexibility index (Phi) is 4.54. The van der Waals surface area contributed by atoms with Crippen LogP contribution in [0.1, 0.15) is 27.6 Å². The van der Waals surface area contributed by atoms with Crippen molar-refractivity contribution in [1.29, 1.82) is 0 Å². The highest BCUT2D eigenvalue weighted by Crippen LogP contribution is 2.38. The van der Waals surface area contributed by atoms with Crippen LogP contribution in [0.25, 0.3) is 0 Å². The Labute approximate surface area is 130 Å². The molecule has 2 aromatic rings. The van der Waals surface area contributed by atoms with E-state index in [0.29, 0.717) is 10.6 Å². The Hall–Kier alpha value is -0.570. The number of benzene rings is 2. The second-order valence-corrected chi connectivity index (χ2v) is 6.18. The fourth-order valence-corrected chi connectivity index (χ4v) is 3.23. The van der Waals surface area contributed by atoms with Gasteiger partial charge in [0.25, 0.3) is 0 Å². The summed E-state index contributed by atoms with van der Waals surface area (Å²) in [7, 11) is 0. The van der Waals surface area contributed by atoms with E-state index in [2.05, 4.69) is 15.9 Å². The molecule has 2 rings (SSSR count). The van der Waals surface area contributed by atoms with Crippen LogP contribution in [-0.2, 0) is 0 Å². The van der Waals surface area contributed by atoms with Gasteiger partial charge in [0.2, 0.25) is 0 Å². The Morgan fingerprint density at radius 1 is 1.05 bits per heavy atom. The van der Waals surface area contributed by atoms with E-state index in [1.54, 1.807) is 6.07 Å². The van der Waals surface area contributed by atoms with Crippen molar-refractivity contribution >= 4 is 39.1 Å². The van der Waals surface area contributed by atoms with Crippen LogP contribution in [0.4, 0.5) is 4.39 Å². The lowest BCUT2D eigenvalue weighted by Crippen LogP contribution is -1.98. The van der Waals surface area contributed by atoms with E-state index < -0.39 is 5.38 Å². The van der Waals surface area contributed by atoms with Crippen LogP contribution in [0, 0.1) is 19.7 Å². The van der Waals surface area contributed by atoms with Gasteiger partial charge in [-0.3, -0.25) is 0 Å². The molecule has 0 saturated heterocycles. The number of aryl methyl sites for hydroxylation is 2. The largest absolute Gasteiger partial charge is 0.207 e. The maximum Gasteiger partial charge on any atom is 0.123 e. The van der Waals surface area contributed by atoms with Crippen LogP contribution < -0.4 is 0 Å². The number of halogens is 4. The molecule has 0 nitrogen and oxygen atoms in total. The predicted molar refractivity (Wildman–Crippen MR) is 82.7 cm³/mol. The molecule has 0 aliphatic heterocycles. The van der Waals surface area contributed by atoms with Gasteiger partial charge in [-0.2, -0.15) is 0 Å². The number of alkyl halides is 1. The third-order valence-electron chi connectivity index (χ3n) is 3.12. The standard InChI is InChI=1S/C15H12BrCl2F/c1-8-5-12(14(17)6-9(8)2)15(18)11-7-10(19)3-4-13(11)16/h3-7,15H,1-2H3. The lowest BCUT2D eigenvalue weighted by atomic mass is 10.00. The minimum Gasteiger partial charge on any atom is -0.207 e. The third kappa shape index (κ3) is 3.13. The summed E-state index contributed by atoms with van der Waals surface area (Å²) in [6, 6.07) is 8.29. The Balaban J connectivity index is 2.52. The highest BCUT2D eigenvalue weighted by atomic mass is 79.9. The lowest BCUT2D eigenvalue weighted by Gasteiger charge is -2.16. The van der Waals surface area contributed by atoms with Crippen LogP contribution in [0.15, 0.2) is 34.8 Å². The smallest absolute Gasteiger partial charge is 0.123 e. The second-order valence-electron chi connectivity index (χ2n) is 4.49. The summed E-state index contributed by atoms with van der Waals surface area (Å²) in [4.78, 5) is 0.